The maximum absolute atomic E-state index is 14.0. The van der Waals surface area contributed by atoms with Crippen LogP contribution in [0.2, 0.25) is 0 Å². The van der Waals surface area contributed by atoms with Crippen LogP contribution in [-0.2, 0) is 4.74 Å². The van der Waals surface area contributed by atoms with Crippen LogP contribution in [0, 0.1) is 23.5 Å². The van der Waals surface area contributed by atoms with Crippen molar-refractivity contribution in [1.29, 1.82) is 0 Å². The van der Waals surface area contributed by atoms with Crippen LogP contribution in [0.4, 0.5) is 22.0 Å². The van der Waals surface area contributed by atoms with E-state index in [2.05, 4.69) is 4.90 Å². The lowest BCUT2D eigenvalue weighted by Crippen LogP contribution is -2.49. The molecule has 0 amide bonds. The largest absolute Gasteiger partial charge is 0.401 e. The first-order valence-electron chi connectivity index (χ1n) is 9.55. The fourth-order valence-corrected chi connectivity index (χ4v) is 4.96. The molecule has 0 saturated carbocycles. The zero-order valence-electron chi connectivity index (χ0n) is 15.3. The summed E-state index contributed by atoms with van der Waals surface area (Å²) in [7, 11) is 0. The molecular formula is C19H24F5N3O. The van der Waals surface area contributed by atoms with Gasteiger partial charge in [-0.2, -0.15) is 13.2 Å². The van der Waals surface area contributed by atoms with Gasteiger partial charge in [0, 0.05) is 43.8 Å². The predicted molar refractivity (Wildman–Crippen MR) is 92.5 cm³/mol. The Morgan fingerprint density at radius 3 is 2.36 bits per heavy atom. The molecule has 156 valence electrons. The Balaban J connectivity index is 1.33. The van der Waals surface area contributed by atoms with Crippen molar-refractivity contribution in [3.05, 3.63) is 35.4 Å². The second kappa shape index (κ2) is 7.51. The smallest absolute Gasteiger partial charge is 0.370 e. The zero-order chi connectivity index (χ0) is 20.1. The van der Waals surface area contributed by atoms with E-state index in [4.69, 9.17) is 10.5 Å². The fourth-order valence-electron chi connectivity index (χ4n) is 4.96. The van der Waals surface area contributed by atoms with Gasteiger partial charge in [-0.05, 0) is 36.5 Å². The number of rotatable bonds is 3. The third-order valence-corrected chi connectivity index (χ3v) is 6.18. The monoisotopic (exact) mass is 405 g/mol. The van der Waals surface area contributed by atoms with Gasteiger partial charge < -0.3 is 10.5 Å². The van der Waals surface area contributed by atoms with E-state index >= 15 is 0 Å². The van der Waals surface area contributed by atoms with Crippen LogP contribution in [-0.4, -0.2) is 67.4 Å². The van der Waals surface area contributed by atoms with E-state index in [9.17, 15) is 22.0 Å². The summed E-state index contributed by atoms with van der Waals surface area (Å²) >= 11 is 0. The number of benzene rings is 1. The normalized spacial score (nSPS) is 34.7. The number of nitrogens with zero attached hydrogens (tertiary/aromatic N) is 2. The highest BCUT2D eigenvalue weighted by molar-refractivity contribution is 5.23. The number of halogens is 5. The molecule has 1 aromatic carbocycles. The SMILES string of the molecule is N[C@H]1C[C@@H](N2CC3CN(CC(F)(F)F)CC3C2)CO[C@@H]1c1cc(F)ccc1F. The molecule has 0 bridgehead atoms. The van der Waals surface area contributed by atoms with Crippen molar-refractivity contribution in [3.63, 3.8) is 0 Å². The molecule has 3 fully saturated rings. The van der Waals surface area contributed by atoms with Gasteiger partial charge in [-0.1, -0.05) is 0 Å². The average Bonchev–Trinajstić information content (AvgIpc) is 3.14. The zero-order valence-corrected chi connectivity index (χ0v) is 15.3. The Morgan fingerprint density at radius 2 is 1.75 bits per heavy atom. The van der Waals surface area contributed by atoms with Crippen molar-refractivity contribution in [2.75, 3.05) is 39.3 Å². The minimum absolute atomic E-state index is 0.0459. The van der Waals surface area contributed by atoms with E-state index in [0.29, 0.717) is 26.1 Å². The molecule has 3 aliphatic rings. The van der Waals surface area contributed by atoms with Crippen molar-refractivity contribution >= 4 is 0 Å². The second-order valence-corrected chi connectivity index (χ2v) is 8.26. The molecule has 0 aliphatic carbocycles. The first-order valence-corrected chi connectivity index (χ1v) is 9.55. The van der Waals surface area contributed by atoms with E-state index in [1.54, 1.807) is 0 Å². The van der Waals surface area contributed by atoms with Crippen molar-refractivity contribution in [2.24, 2.45) is 17.6 Å². The molecule has 4 rings (SSSR count). The van der Waals surface area contributed by atoms with Crippen LogP contribution in [0.1, 0.15) is 18.1 Å². The lowest BCUT2D eigenvalue weighted by Gasteiger charge is -2.39. The maximum Gasteiger partial charge on any atom is 0.401 e. The van der Waals surface area contributed by atoms with Crippen molar-refractivity contribution in [2.45, 2.75) is 30.8 Å². The Kier molecular flexibility index (Phi) is 5.37. The molecule has 9 heteroatoms. The highest BCUT2D eigenvalue weighted by atomic mass is 19.4. The lowest BCUT2D eigenvalue weighted by molar-refractivity contribution is -0.144. The molecule has 2 N–H and O–H groups in total. The van der Waals surface area contributed by atoms with Gasteiger partial charge in [0.2, 0.25) is 0 Å². The summed E-state index contributed by atoms with van der Waals surface area (Å²) < 4.78 is 71.1. The van der Waals surface area contributed by atoms with Gasteiger partial charge in [0.1, 0.15) is 17.7 Å². The summed E-state index contributed by atoms with van der Waals surface area (Å²) in [4.78, 5) is 3.72. The minimum atomic E-state index is -4.16. The Morgan fingerprint density at radius 1 is 1.07 bits per heavy atom. The summed E-state index contributed by atoms with van der Waals surface area (Å²) in [5.41, 5.74) is 6.35. The number of alkyl halides is 3. The molecule has 1 aromatic rings. The highest BCUT2D eigenvalue weighted by Gasteiger charge is 2.46. The number of likely N-dealkylation sites (tertiary alicyclic amines) is 2. The van der Waals surface area contributed by atoms with Crippen LogP contribution < -0.4 is 5.73 Å². The van der Waals surface area contributed by atoms with Crippen molar-refractivity contribution in [1.82, 2.24) is 9.80 Å². The quantitative estimate of drug-likeness (QED) is 0.785. The van der Waals surface area contributed by atoms with Gasteiger partial charge in [-0.3, -0.25) is 9.80 Å². The van der Waals surface area contributed by atoms with Crippen LogP contribution in [0.15, 0.2) is 18.2 Å². The Bertz CT molecular complexity index is 701. The minimum Gasteiger partial charge on any atom is -0.370 e. The first-order chi connectivity index (χ1) is 13.2. The fraction of sp³-hybridized carbons (Fsp3) is 0.684. The Labute approximate surface area is 160 Å². The topological polar surface area (TPSA) is 41.7 Å². The van der Waals surface area contributed by atoms with Gasteiger partial charge in [0.15, 0.2) is 0 Å². The maximum atomic E-state index is 14.0. The standard InChI is InChI=1S/C19H24F5N3O/c20-13-1-2-16(21)15(3-13)18-17(25)4-14(9-28-18)27-7-11-5-26(6-12(11)8-27)10-19(22,23)24/h1-3,11-12,14,17-18H,4-10,25H2/t11?,12?,14-,17+,18-/m1/s1. The van der Waals surface area contributed by atoms with E-state index < -0.39 is 36.5 Å². The molecule has 3 saturated heterocycles. The Hall–Kier alpha value is -1.29. The molecular weight excluding hydrogens is 381 g/mol. The summed E-state index contributed by atoms with van der Waals surface area (Å²) in [5.74, 6) is -0.639. The van der Waals surface area contributed by atoms with Gasteiger partial charge >= 0.3 is 6.18 Å². The van der Waals surface area contributed by atoms with Crippen LogP contribution >= 0.6 is 0 Å². The summed E-state index contributed by atoms with van der Waals surface area (Å²) in [6.45, 7) is 1.85. The van der Waals surface area contributed by atoms with Gasteiger partial charge in [-0.15, -0.1) is 0 Å². The van der Waals surface area contributed by atoms with E-state index in [-0.39, 0.29) is 23.4 Å². The second-order valence-electron chi connectivity index (χ2n) is 8.26. The number of hydrogen-bond donors (Lipinski definition) is 1. The highest BCUT2D eigenvalue weighted by Crippen LogP contribution is 2.37. The molecule has 3 aliphatic heterocycles. The summed E-state index contributed by atoms with van der Waals surface area (Å²) in [6, 6.07) is 2.82. The van der Waals surface area contributed by atoms with E-state index in [0.717, 1.165) is 31.3 Å². The molecule has 4 nitrogen and oxygen atoms in total. The van der Waals surface area contributed by atoms with Crippen LogP contribution in [0.25, 0.3) is 0 Å². The van der Waals surface area contributed by atoms with E-state index in [1.165, 1.54) is 4.90 Å². The van der Waals surface area contributed by atoms with E-state index in [1.807, 2.05) is 0 Å². The third-order valence-electron chi connectivity index (χ3n) is 6.18. The molecule has 28 heavy (non-hydrogen) atoms. The molecule has 3 heterocycles. The van der Waals surface area contributed by atoms with Gasteiger partial charge in [0.05, 0.1) is 13.2 Å². The first kappa shape index (κ1) is 20.0. The molecule has 0 radical (unpaired) electrons. The van der Waals surface area contributed by atoms with Crippen molar-refractivity contribution in [3.8, 4) is 0 Å². The molecule has 0 spiro atoms. The molecule has 5 atom stereocenters. The lowest BCUT2D eigenvalue weighted by atomic mass is 9.93. The molecule has 0 aromatic heterocycles. The summed E-state index contributed by atoms with van der Waals surface area (Å²) in [6.07, 6.45) is -4.29. The van der Waals surface area contributed by atoms with Gasteiger partial charge in [-0.25, -0.2) is 8.78 Å². The number of nitrogens with two attached hydrogens (primary N) is 1. The summed E-state index contributed by atoms with van der Waals surface area (Å²) in [5, 5.41) is 0. The predicted octanol–water partition coefficient (Wildman–Crippen LogP) is 2.55. The van der Waals surface area contributed by atoms with Gasteiger partial charge in [0.25, 0.3) is 0 Å². The average molecular weight is 405 g/mol. The molecule has 2 unspecified atom stereocenters. The van der Waals surface area contributed by atoms with Crippen molar-refractivity contribution < 1.29 is 26.7 Å². The number of ether oxygens (including phenoxy) is 1. The number of hydrogen-bond acceptors (Lipinski definition) is 4. The third kappa shape index (κ3) is 4.17. The van der Waals surface area contributed by atoms with Crippen LogP contribution in [0.3, 0.4) is 0 Å². The number of fused-ring (bicyclic) bond motifs is 1. The van der Waals surface area contributed by atoms with Crippen LogP contribution in [0.5, 0.6) is 0 Å².